The molecule has 1 N–H and O–H groups in total. The number of H-pyrrole nitrogens is 1. The van der Waals surface area contributed by atoms with Crippen molar-refractivity contribution in [3.63, 3.8) is 0 Å². The first kappa shape index (κ1) is 13.8. The number of nitrogens with one attached hydrogen (secondary N) is 1. The highest BCUT2D eigenvalue weighted by Crippen LogP contribution is 2.37. The summed E-state index contributed by atoms with van der Waals surface area (Å²) < 4.78 is 6.36. The molecule has 106 valence electrons. The maximum Gasteiger partial charge on any atom is 0.109 e. The van der Waals surface area contributed by atoms with Gasteiger partial charge in [0.2, 0.25) is 0 Å². The van der Waals surface area contributed by atoms with E-state index in [2.05, 4.69) is 50.2 Å². The number of halogens is 1. The number of hydrogen-bond acceptors (Lipinski definition) is 2. The fourth-order valence-corrected chi connectivity index (χ4v) is 3.29. The van der Waals surface area contributed by atoms with Gasteiger partial charge in [0, 0.05) is 24.1 Å². The second-order valence-corrected chi connectivity index (χ2v) is 6.44. The number of aromatic nitrogens is 2. The van der Waals surface area contributed by atoms with Crippen LogP contribution in [-0.4, -0.2) is 23.7 Å². The van der Waals surface area contributed by atoms with Gasteiger partial charge in [0.05, 0.1) is 11.9 Å². The van der Waals surface area contributed by atoms with E-state index in [-0.39, 0.29) is 0 Å². The highest BCUT2D eigenvalue weighted by atomic mass is 79.9. The van der Waals surface area contributed by atoms with Crippen molar-refractivity contribution in [2.75, 3.05) is 13.7 Å². The summed E-state index contributed by atoms with van der Waals surface area (Å²) in [7, 11) is 1.78. The molecule has 3 rings (SSSR count). The Morgan fingerprint density at radius 2 is 2.10 bits per heavy atom. The van der Waals surface area contributed by atoms with Crippen LogP contribution in [0.1, 0.15) is 31.0 Å². The van der Waals surface area contributed by atoms with Crippen LogP contribution in [-0.2, 0) is 4.74 Å². The lowest BCUT2D eigenvalue weighted by Crippen LogP contribution is -2.04. The second kappa shape index (κ2) is 6.10. The van der Waals surface area contributed by atoms with Gasteiger partial charge < -0.3 is 9.72 Å². The highest BCUT2D eigenvalue weighted by Gasteiger charge is 2.27. The van der Waals surface area contributed by atoms with E-state index in [0.29, 0.717) is 11.8 Å². The molecule has 1 heterocycles. The van der Waals surface area contributed by atoms with Gasteiger partial charge in [0.25, 0.3) is 0 Å². The zero-order valence-electron chi connectivity index (χ0n) is 11.6. The summed E-state index contributed by atoms with van der Waals surface area (Å²) in [5, 5.41) is 0. The third-order valence-electron chi connectivity index (χ3n) is 4.08. The smallest absolute Gasteiger partial charge is 0.109 e. The van der Waals surface area contributed by atoms with E-state index in [9.17, 15) is 0 Å². The first-order valence-electron chi connectivity index (χ1n) is 7.06. The van der Waals surface area contributed by atoms with Crippen LogP contribution in [0.25, 0.3) is 11.3 Å². The van der Waals surface area contributed by atoms with Crippen LogP contribution >= 0.6 is 15.9 Å². The minimum Gasteiger partial charge on any atom is -0.384 e. The fraction of sp³-hybridized carbons (Fsp3) is 0.438. The van der Waals surface area contributed by atoms with Gasteiger partial charge in [-0.2, -0.15) is 0 Å². The van der Waals surface area contributed by atoms with Crippen molar-refractivity contribution in [1.29, 1.82) is 0 Å². The Labute approximate surface area is 127 Å². The van der Waals surface area contributed by atoms with Crippen molar-refractivity contribution >= 4 is 15.9 Å². The summed E-state index contributed by atoms with van der Waals surface area (Å²) in [6, 6.07) is 8.31. The Kier molecular flexibility index (Phi) is 4.22. The van der Waals surface area contributed by atoms with Gasteiger partial charge in [0.15, 0.2) is 0 Å². The molecule has 1 aliphatic rings. The number of methoxy groups -OCH3 is 1. The Bertz CT molecular complexity index is 564. The average Bonchev–Trinajstić information content (AvgIpc) is 3.08. The maximum absolute atomic E-state index is 5.26. The molecule has 2 atom stereocenters. The molecule has 0 amide bonds. The van der Waals surface area contributed by atoms with Crippen LogP contribution < -0.4 is 0 Å². The van der Waals surface area contributed by atoms with E-state index in [4.69, 9.17) is 4.74 Å². The van der Waals surface area contributed by atoms with E-state index in [1.807, 2.05) is 6.20 Å². The quantitative estimate of drug-likeness (QED) is 0.901. The van der Waals surface area contributed by atoms with E-state index in [1.165, 1.54) is 24.8 Å². The van der Waals surface area contributed by atoms with Gasteiger partial charge in [-0.05, 0) is 42.9 Å². The number of nitrogens with zero attached hydrogens (tertiary/aromatic N) is 1. The fourth-order valence-electron chi connectivity index (χ4n) is 3.03. The molecular weight excluding hydrogens is 316 g/mol. The molecule has 1 aromatic carbocycles. The van der Waals surface area contributed by atoms with Crippen LogP contribution in [0.15, 0.2) is 34.9 Å². The zero-order chi connectivity index (χ0) is 13.9. The van der Waals surface area contributed by atoms with E-state index in [0.717, 1.165) is 22.6 Å². The van der Waals surface area contributed by atoms with Crippen LogP contribution in [0, 0.1) is 5.92 Å². The van der Waals surface area contributed by atoms with Crippen LogP contribution in [0.3, 0.4) is 0 Å². The number of ether oxygens (including phenoxy) is 1. The predicted octanol–water partition coefficient (Wildman–Crippen LogP) is 4.37. The molecule has 0 bridgehead atoms. The maximum atomic E-state index is 5.26. The molecule has 4 heteroatoms. The van der Waals surface area contributed by atoms with Gasteiger partial charge >= 0.3 is 0 Å². The number of aromatic amines is 1. The number of benzene rings is 1. The van der Waals surface area contributed by atoms with Gasteiger partial charge in [-0.1, -0.05) is 28.1 Å². The third kappa shape index (κ3) is 2.96. The molecule has 1 aromatic heterocycles. The molecule has 0 unspecified atom stereocenters. The Morgan fingerprint density at radius 1 is 1.30 bits per heavy atom. The first-order valence-corrected chi connectivity index (χ1v) is 7.85. The SMILES string of the molecule is COC[C@@H]1CC[C@H](c2ncc(-c3ccc(Br)cc3)[nH]2)C1. The van der Waals surface area contributed by atoms with Crippen LogP contribution in [0.5, 0.6) is 0 Å². The molecule has 0 spiro atoms. The molecular formula is C16H19BrN2O. The van der Waals surface area contributed by atoms with E-state index in [1.54, 1.807) is 7.11 Å². The molecule has 0 saturated heterocycles. The molecule has 2 aromatic rings. The van der Waals surface area contributed by atoms with Crippen molar-refractivity contribution in [3.8, 4) is 11.3 Å². The summed E-state index contributed by atoms with van der Waals surface area (Å²) in [6.45, 7) is 0.872. The van der Waals surface area contributed by atoms with Crippen molar-refractivity contribution < 1.29 is 4.74 Å². The Balaban J connectivity index is 1.72. The van der Waals surface area contributed by atoms with E-state index >= 15 is 0 Å². The van der Waals surface area contributed by atoms with Crippen molar-refractivity contribution in [3.05, 3.63) is 40.8 Å². The van der Waals surface area contributed by atoms with Gasteiger partial charge in [-0.25, -0.2) is 4.98 Å². The lowest BCUT2D eigenvalue weighted by molar-refractivity contribution is 0.154. The number of imidazole rings is 1. The molecule has 1 fully saturated rings. The normalized spacial score (nSPS) is 22.3. The summed E-state index contributed by atoms with van der Waals surface area (Å²) >= 11 is 3.46. The molecule has 1 saturated carbocycles. The lowest BCUT2D eigenvalue weighted by atomic mass is 10.1. The van der Waals surface area contributed by atoms with Crippen LogP contribution in [0.2, 0.25) is 0 Å². The van der Waals surface area contributed by atoms with E-state index < -0.39 is 0 Å². The molecule has 1 aliphatic carbocycles. The summed E-state index contributed by atoms with van der Waals surface area (Å²) in [5.41, 5.74) is 2.28. The first-order chi connectivity index (χ1) is 9.76. The standard InChI is InChI=1S/C16H19BrN2O/c1-20-10-11-2-3-13(8-11)16-18-9-15(19-16)12-4-6-14(17)7-5-12/h4-7,9,11,13H,2-3,8,10H2,1H3,(H,18,19)/t11-,13+/m1/s1. The Morgan fingerprint density at radius 3 is 2.85 bits per heavy atom. The highest BCUT2D eigenvalue weighted by molar-refractivity contribution is 9.10. The minimum absolute atomic E-state index is 0.555. The number of rotatable bonds is 4. The van der Waals surface area contributed by atoms with Gasteiger partial charge in [0.1, 0.15) is 5.82 Å². The molecule has 3 nitrogen and oxygen atoms in total. The van der Waals surface area contributed by atoms with Crippen LogP contribution in [0.4, 0.5) is 0 Å². The third-order valence-corrected chi connectivity index (χ3v) is 4.61. The molecule has 0 radical (unpaired) electrons. The second-order valence-electron chi connectivity index (χ2n) is 5.52. The monoisotopic (exact) mass is 334 g/mol. The van der Waals surface area contributed by atoms with Gasteiger partial charge in [-0.3, -0.25) is 0 Å². The minimum atomic E-state index is 0.555. The Hall–Kier alpha value is -1.13. The summed E-state index contributed by atoms with van der Waals surface area (Å²) in [5.74, 6) is 2.37. The van der Waals surface area contributed by atoms with Gasteiger partial charge in [-0.15, -0.1) is 0 Å². The van der Waals surface area contributed by atoms with Crippen molar-refractivity contribution in [1.82, 2.24) is 9.97 Å². The predicted molar refractivity (Wildman–Crippen MR) is 83.7 cm³/mol. The van der Waals surface area contributed by atoms with Crippen molar-refractivity contribution in [2.45, 2.75) is 25.2 Å². The summed E-state index contributed by atoms with van der Waals surface area (Å²) in [6.07, 6.45) is 5.58. The topological polar surface area (TPSA) is 37.9 Å². The average molecular weight is 335 g/mol. The largest absolute Gasteiger partial charge is 0.384 e. The van der Waals surface area contributed by atoms with Crippen molar-refractivity contribution in [2.24, 2.45) is 5.92 Å². The number of hydrogen-bond donors (Lipinski definition) is 1. The molecule has 0 aliphatic heterocycles. The molecule has 20 heavy (non-hydrogen) atoms. The lowest BCUT2D eigenvalue weighted by Gasteiger charge is -2.08. The summed E-state index contributed by atoms with van der Waals surface area (Å²) in [4.78, 5) is 8.07. The zero-order valence-corrected chi connectivity index (χ0v) is 13.2.